The molecule has 0 aromatic carbocycles. The largest absolute Gasteiger partial charge is 0.378 e. The van der Waals surface area contributed by atoms with E-state index >= 15 is 0 Å². The van der Waals surface area contributed by atoms with Gasteiger partial charge in [-0.25, -0.2) is 9.97 Å². The lowest BCUT2D eigenvalue weighted by Gasteiger charge is -2.08. The Morgan fingerprint density at radius 2 is 2.47 bits per heavy atom. The van der Waals surface area contributed by atoms with Crippen molar-refractivity contribution < 1.29 is 4.74 Å². The Hall–Kier alpha value is -1.00. The summed E-state index contributed by atoms with van der Waals surface area (Å²) in [5.41, 5.74) is 2.41. The first kappa shape index (κ1) is 9.24. The predicted octanol–water partition coefficient (Wildman–Crippen LogP) is 0.801. The second kappa shape index (κ2) is 3.87. The summed E-state index contributed by atoms with van der Waals surface area (Å²) < 4.78 is 5.58. The standard InChI is InChI=1S/C11H15N3O/c1-2-9(15-3-1)4-11-13-6-8-5-12-7-10(8)14-11/h6,9,12H,1-5,7H2. The smallest absolute Gasteiger partial charge is 0.131 e. The van der Waals surface area contributed by atoms with E-state index in [1.807, 2.05) is 6.20 Å². The summed E-state index contributed by atoms with van der Waals surface area (Å²) in [6, 6.07) is 0. The van der Waals surface area contributed by atoms with Crippen LogP contribution in [0.15, 0.2) is 6.20 Å². The Morgan fingerprint density at radius 3 is 3.33 bits per heavy atom. The lowest BCUT2D eigenvalue weighted by molar-refractivity contribution is 0.110. The number of aromatic nitrogens is 2. The first-order valence-electron chi connectivity index (χ1n) is 5.58. The number of rotatable bonds is 2. The molecule has 2 aliphatic rings. The maximum absolute atomic E-state index is 5.58. The molecule has 1 unspecified atom stereocenters. The SMILES string of the molecule is c1nc(CC2CCCO2)nc2c1CNC2. The number of ether oxygens (including phenoxy) is 1. The van der Waals surface area contributed by atoms with E-state index in [0.29, 0.717) is 6.10 Å². The maximum Gasteiger partial charge on any atom is 0.131 e. The molecule has 0 radical (unpaired) electrons. The van der Waals surface area contributed by atoms with E-state index in [1.165, 1.54) is 12.0 Å². The summed E-state index contributed by atoms with van der Waals surface area (Å²) in [5.74, 6) is 0.935. The average Bonchev–Trinajstić information content (AvgIpc) is 2.87. The summed E-state index contributed by atoms with van der Waals surface area (Å²) in [7, 11) is 0. The fraction of sp³-hybridized carbons (Fsp3) is 0.636. The summed E-state index contributed by atoms with van der Waals surface area (Å²) in [4.78, 5) is 8.95. The molecule has 0 aliphatic carbocycles. The Morgan fingerprint density at radius 1 is 1.47 bits per heavy atom. The molecule has 1 aromatic heterocycles. The van der Waals surface area contributed by atoms with Gasteiger partial charge in [0.15, 0.2) is 0 Å². The van der Waals surface area contributed by atoms with Gasteiger partial charge < -0.3 is 10.1 Å². The molecule has 15 heavy (non-hydrogen) atoms. The van der Waals surface area contributed by atoms with Gasteiger partial charge in [0.2, 0.25) is 0 Å². The molecule has 0 amide bonds. The minimum Gasteiger partial charge on any atom is -0.378 e. The number of nitrogens with one attached hydrogen (secondary N) is 1. The molecule has 1 atom stereocenters. The predicted molar refractivity (Wildman–Crippen MR) is 55.3 cm³/mol. The number of hydrogen-bond donors (Lipinski definition) is 1. The molecule has 4 nitrogen and oxygen atoms in total. The monoisotopic (exact) mass is 205 g/mol. The van der Waals surface area contributed by atoms with Gasteiger partial charge in [0.1, 0.15) is 5.82 Å². The van der Waals surface area contributed by atoms with E-state index in [1.54, 1.807) is 0 Å². The van der Waals surface area contributed by atoms with Gasteiger partial charge in [-0.1, -0.05) is 0 Å². The van der Waals surface area contributed by atoms with Crippen molar-refractivity contribution >= 4 is 0 Å². The summed E-state index contributed by atoms with van der Waals surface area (Å²) in [6.07, 6.45) is 5.49. The Balaban J connectivity index is 1.75. The molecule has 1 N–H and O–H groups in total. The minimum absolute atomic E-state index is 0.345. The van der Waals surface area contributed by atoms with E-state index in [-0.39, 0.29) is 0 Å². The molecule has 3 rings (SSSR count). The van der Waals surface area contributed by atoms with Crippen LogP contribution in [-0.4, -0.2) is 22.7 Å². The van der Waals surface area contributed by atoms with Crippen LogP contribution >= 0.6 is 0 Å². The van der Waals surface area contributed by atoms with Crippen LogP contribution in [0.25, 0.3) is 0 Å². The molecule has 4 heteroatoms. The van der Waals surface area contributed by atoms with Gasteiger partial charge in [0, 0.05) is 37.9 Å². The zero-order valence-electron chi connectivity index (χ0n) is 8.70. The fourth-order valence-corrected chi connectivity index (χ4v) is 2.21. The van der Waals surface area contributed by atoms with Crippen LogP contribution in [0.5, 0.6) is 0 Å². The van der Waals surface area contributed by atoms with Crippen LogP contribution in [0.1, 0.15) is 29.9 Å². The van der Waals surface area contributed by atoms with E-state index in [0.717, 1.165) is 44.1 Å². The molecule has 3 heterocycles. The van der Waals surface area contributed by atoms with Gasteiger partial charge >= 0.3 is 0 Å². The second-order valence-corrected chi connectivity index (χ2v) is 4.20. The lowest BCUT2D eigenvalue weighted by Crippen LogP contribution is -2.12. The zero-order chi connectivity index (χ0) is 10.1. The lowest BCUT2D eigenvalue weighted by atomic mass is 10.1. The zero-order valence-corrected chi connectivity index (χ0v) is 8.70. The van der Waals surface area contributed by atoms with Crippen LogP contribution in [-0.2, 0) is 24.2 Å². The van der Waals surface area contributed by atoms with Gasteiger partial charge in [-0.05, 0) is 12.8 Å². The molecule has 1 fully saturated rings. The van der Waals surface area contributed by atoms with E-state index in [2.05, 4.69) is 15.3 Å². The second-order valence-electron chi connectivity index (χ2n) is 4.20. The van der Waals surface area contributed by atoms with Crippen molar-refractivity contribution in [1.29, 1.82) is 0 Å². The van der Waals surface area contributed by atoms with Crippen molar-refractivity contribution in [2.24, 2.45) is 0 Å². The molecule has 1 aromatic rings. The van der Waals surface area contributed by atoms with Crippen molar-refractivity contribution in [3.8, 4) is 0 Å². The fourth-order valence-electron chi connectivity index (χ4n) is 2.21. The van der Waals surface area contributed by atoms with Crippen molar-refractivity contribution in [2.45, 2.75) is 38.5 Å². The van der Waals surface area contributed by atoms with Crippen molar-refractivity contribution in [3.05, 3.63) is 23.3 Å². The van der Waals surface area contributed by atoms with Crippen LogP contribution in [0.2, 0.25) is 0 Å². The van der Waals surface area contributed by atoms with Gasteiger partial charge in [-0.2, -0.15) is 0 Å². The van der Waals surface area contributed by atoms with E-state index < -0.39 is 0 Å². The highest BCUT2D eigenvalue weighted by molar-refractivity contribution is 5.21. The van der Waals surface area contributed by atoms with Crippen molar-refractivity contribution in [3.63, 3.8) is 0 Å². The molecular weight excluding hydrogens is 190 g/mol. The molecule has 0 spiro atoms. The number of nitrogens with zero attached hydrogens (tertiary/aromatic N) is 2. The third-order valence-electron chi connectivity index (χ3n) is 3.05. The molecule has 1 saturated heterocycles. The first-order valence-corrected chi connectivity index (χ1v) is 5.58. The van der Waals surface area contributed by atoms with Crippen LogP contribution in [0, 0.1) is 0 Å². The van der Waals surface area contributed by atoms with Crippen molar-refractivity contribution in [2.75, 3.05) is 6.61 Å². The highest BCUT2D eigenvalue weighted by Crippen LogP contribution is 2.17. The van der Waals surface area contributed by atoms with Gasteiger partial charge in [0.25, 0.3) is 0 Å². The first-order chi connectivity index (χ1) is 7.42. The maximum atomic E-state index is 5.58. The van der Waals surface area contributed by atoms with Crippen LogP contribution in [0.4, 0.5) is 0 Å². The van der Waals surface area contributed by atoms with Gasteiger partial charge in [-0.3, -0.25) is 0 Å². The Kier molecular flexibility index (Phi) is 2.38. The topological polar surface area (TPSA) is 47.0 Å². The van der Waals surface area contributed by atoms with Crippen LogP contribution in [0.3, 0.4) is 0 Å². The summed E-state index contributed by atoms with van der Waals surface area (Å²) in [6.45, 7) is 2.70. The summed E-state index contributed by atoms with van der Waals surface area (Å²) in [5, 5.41) is 3.27. The third kappa shape index (κ3) is 1.87. The molecule has 0 saturated carbocycles. The Labute approximate surface area is 89.1 Å². The average molecular weight is 205 g/mol. The summed E-state index contributed by atoms with van der Waals surface area (Å²) >= 11 is 0. The number of fused-ring (bicyclic) bond motifs is 1. The van der Waals surface area contributed by atoms with Gasteiger partial charge in [-0.15, -0.1) is 0 Å². The molecular formula is C11H15N3O. The molecule has 0 bridgehead atoms. The quantitative estimate of drug-likeness (QED) is 0.776. The van der Waals surface area contributed by atoms with E-state index in [9.17, 15) is 0 Å². The minimum atomic E-state index is 0.345. The van der Waals surface area contributed by atoms with Crippen molar-refractivity contribution in [1.82, 2.24) is 15.3 Å². The number of hydrogen-bond acceptors (Lipinski definition) is 4. The van der Waals surface area contributed by atoms with E-state index in [4.69, 9.17) is 4.74 Å². The highest BCUT2D eigenvalue weighted by Gasteiger charge is 2.19. The molecule has 2 aliphatic heterocycles. The van der Waals surface area contributed by atoms with Crippen LogP contribution < -0.4 is 5.32 Å². The highest BCUT2D eigenvalue weighted by atomic mass is 16.5. The molecule has 80 valence electrons. The van der Waals surface area contributed by atoms with Gasteiger partial charge in [0.05, 0.1) is 11.8 Å². The Bertz CT molecular complexity index is 361. The normalized spacial score (nSPS) is 24.4. The third-order valence-corrected chi connectivity index (χ3v) is 3.05.